The van der Waals surface area contributed by atoms with Gasteiger partial charge in [-0.2, -0.15) is 5.10 Å². The number of nitrogens with zero attached hydrogens (tertiary/aromatic N) is 3. The molecule has 0 spiro atoms. The number of carbonyl (C=O) groups is 1. The lowest BCUT2D eigenvalue weighted by Gasteiger charge is -2.08. The molecule has 1 N–H and O–H groups in total. The predicted molar refractivity (Wildman–Crippen MR) is 97.9 cm³/mol. The second-order valence-corrected chi connectivity index (χ2v) is 5.73. The summed E-state index contributed by atoms with van der Waals surface area (Å²) in [7, 11) is 0. The number of nitrogens with one attached hydrogen (secondary N) is 1. The molecular weight excluding hydrogens is 336 g/mol. The zero-order valence-electron chi connectivity index (χ0n) is 14.5. The molecule has 0 fully saturated rings. The van der Waals surface area contributed by atoms with Crippen LogP contribution in [-0.2, 0) is 22.6 Å². The fourth-order valence-electron chi connectivity index (χ4n) is 2.88. The molecule has 0 atom stereocenters. The Kier molecular flexibility index (Phi) is 4.92. The highest BCUT2D eigenvalue weighted by atomic mass is 16.5. The lowest BCUT2D eigenvalue weighted by molar-refractivity contribution is -0.122. The fraction of sp³-hybridized carbons (Fsp3) is 0.278. The molecule has 3 rings (SSSR count). The van der Waals surface area contributed by atoms with Gasteiger partial charge >= 0.3 is 0 Å². The van der Waals surface area contributed by atoms with E-state index in [-0.39, 0.29) is 18.0 Å². The maximum atomic E-state index is 12.9. The monoisotopic (exact) mass is 356 g/mol. The van der Waals surface area contributed by atoms with E-state index < -0.39 is 0 Å². The molecule has 0 aliphatic rings. The highest BCUT2D eigenvalue weighted by Crippen LogP contribution is 2.29. The maximum Gasteiger partial charge on any atom is 0.291 e. The van der Waals surface area contributed by atoms with Gasteiger partial charge in [0.15, 0.2) is 5.58 Å². The third-order valence-electron chi connectivity index (χ3n) is 3.92. The van der Waals surface area contributed by atoms with E-state index in [1.165, 1.54) is 6.26 Å². The van der Waals surface area contributed by atoms with E-state index in [1.54, 1.807) is 12.3 Å². The van der Waals surface area contributed by atoms with Gasteiger partial charge in [-0.25, -0.2) is 4.68 Å². The molecule has 26 heavy (non-hydrogen) atoms. The Bertz CT molecular complexity index is 1040. The van der Waals surface area contributed by atoms with Crippen molar-refractivity contribution in [2.45, 2.75) is 20.0 Å². The first kappa shape index (κ1) is 17.5. The highest BCUT2D eigenvalue weighted by Gasteiger charge is 2.19. The average molecular weight is 356 g/mol. The number of aromatic nitrogens is 3. The van der Waals surface area contributed by atoms with E-state index in [0.29, 0.717) is 36.2 Å². The van der Waals surface area contributed by atoms with Crippen molar-refractivity contribution in [3.05, 3.63) is 53.9 Å². The summed E-state index contributed by atoms with van der Waals surface area (Å²) in [4.78, 5) is 24.9. The Morgan fingerprint density at radius 1 is 1.46 bits per heavy atom. The Balaban J connectivity index is 1.96. The van der Waals surface area contributed by atoms with E-state index in [0.717, 1.165) is 16.0 Å². The highest BCUT2D eigenvalue weighted by molar-refractivity contribution is 6.04. The second-order valence-electron chi connectivity index (χ2n) is 5.73. The summed E-state index contributed by atoms with van der Waals surface area (Å²) in [5, 5.41) is 7.40. The second kappa shape index (κ2) is 7.30. The Hall–Kier alpha value is -3.29. The summed E-state index contributed by atoms with van der Waals surface area (Å²) in [5.74, 6) is 0.424. The molecule has 136 valence electrons. The van der Waals surface area contributed by atoms with Crippen molar-refractivity contribution in [3.63, 3.8) is 0 Å². The minimum Gasteiger partial charge on any atom is -0.500 e. The molecule has 3 aromatic rings. The molecule has 0 saturated heterocycles. The van der Waals surface area contributed by atoms with Crippen molar-refractivity contribution in [2.24, 2.45) is 0 Å². The molecule has 3 heterocycles. The van der Waals surface area contributed by atoms with Crippen LogP contribution in [0.3, 0.4) is 0 Å². The Morgan fingerprint density at radius 2 is 2.27 bits per heavy atom. The Labute approximate surface area is 149 Å². The number of carbonyl (C=O) groups excluding carboxylic acids is 1. The number of amides is 1. The maximum absolute atomic E-state index is 12.9. The van der Waals surface area contributed by atoms with Crippen molar-refractivity contribution < 1.29 is 13.9 Å². The van der Waals surface area contributed by atoms with Gasteiger partial charge in [-0.3, -0.25) is 9.59 Å². The predicted octanol–water partition coefficient (Wildman–Crippen LogP) is 1.71. The molecule has 0 aliphatic heterocycles. The van der Waals surface area contributed by atoms with Crippen molar-refractivity contribution in [1.29, 1.82) is 0 Å². The average Bonchev–Trinajstić information content (AvgIpc) is 3.11. The van der Waals surface area contributed by atoms with Gasteiger partial charge in [0.2, 0.25) is 5.91 Å². The number of allylic oxidation sites excluding steroid dienone is 1. The van der Waals surface area contributed by atoms with Crippen LogP contribution in [0.25, 0.3) is 22.0 Å². The summed E-state index contributed by atoms with van der Waals surface area (Å²) in [6.07, 6.45) is 4.56. The third kappa shape index (κ3) is 3.13. The largest absolute Gasteiger partial charge is 0.500 e. The topological polar surface area (TPSA) is 91.3 Å². The van der Waals surface area contributed by atoms with Crippen LogP contribution in [-0.4, -0.2) is 33.4 Å². The molecule has 0 radical (unpaired) electrons. The van der Waals surface area contributed by atoms with Crippen molar-refractivity contribution in [2.75, 3.05) is 13.2 Å². The van der Waals surface area contributed by atoms with Crippen LogP contribution >= 0.6 is 0 Å². The van der Waals surface area contributed by atoms with E-state index in [2.05, 4.69) is 23.6 Å². The molecule has 0 bridgehead atoms. The normalized spacial score (nSPS) is 11.0. The third-order valence-corrected chi connectivity index (χ3v) is 3.92. The SMILES string of the molecule is C=CCn1c2cc(C)oc2c2cnn(CC(=O)NCCOC=C)c(=O)c21. The standard InChI is InChI=1S/C18H20N4O4/c1-4-7-21-14-9-12(3)26-17(14)13-10-20-22(18(24)16(13)21)11-15(23)19-6-8-25-5-2/h4-5,9-10H,1-2,6-8,11H2,3H3,(H,19,23). The molecule has 3 aromatic heterocycles. The number of fused-ring (bicyclic) bond motifs is 3. The van der Waals surface area contributed by atoms with Crippen molar-refractivity contribution in [1.82, 2.24) is 19.7 Å². The van der Waals surface area contributed by atoms with Crippen molar-refractivity contribution >= 4 is 27.9 Å². The first-order valence-corrected chi connectivity index (χ1v) is 8.15. The number of hydrogen-bond donors (Lipinski definition) is 1. The van der Waals surface area contributed by atoms with Gasteiger partial charge in [0.25, 0.3) is 5.56 Å². The molecule has 1 amide bonds. The van der Waals surface area contributed by atoms with Crippen molar-refractivity contribution in [3.8, 4) is 0 Å². The molecule has 8 heteroatoms. The zero-order chi connectivity index (χ0) is 18.7. The number of rotatable bonds is 8. The van der Waals surface area contributed by atoms with Gasteiger partial charge in [0.1, 0.15) is 24.4 Å². The van der Waals surface area contributed by atoms with Crippen LogP contribution in [0.4, 0.5) is 0 Å². The minimum absolute atomic E-state index is 0.178. The van der Waals surface area contributed by atoms with Gasteiger partial charge in [-0.15, -0.1) is 6.58 Å². The van der Waals surface area contributed by atoms with Crippen LogP contribution in [0.5, 0.6) is 0 Å². The van der Waals surface area contributed by atoms with Gasteiger partial charge in [0.05, 0.1) is 29.9 Å². The quantitative estimate of drug-likeness (QED) is 0.377. The van der Waals surface area contributed by atoms with Crippen LogP contribution in [0.15, 0.2) is 47.0 Å². The lowest BCUT2D eigenvalue weighted by Crippen LogP contribution is -2.35. The molecular formula is C18H20N4O4. The van der Waals surface area contributed by atoms with E-state index in [1.807, 2.05) is 17.6 Å². The van der Waals surface area contributed by atoms with Gasteiger partial charge in [-0.05, 0) is 6.92 Å². The minimum atomic E-state index is -0.356. The van der Waals surface area contributed by atoms with Crippen LogP contribution < -0.4 is 10.9 Å². The molecule has 0 unspecified atom stereocenters. The van der Waals surface area contributed by atoms with E-state index in [4.69, 9.17) is 9.15 Å². The number of furan rings is 1. The summed E-state index contributed by atoms with van der Waals surface area (Å²) in [6.45, 7) is 9.92. The summed E-state index contributed by atoms with van der Waals surface area (Å²) < 4.78 is 13.6. The van der Waals surface area contributed by atoms with Crippen LogP contribution in [0.1, 0.15) is 5.76 Å². The molecule has 0 aromatic carbocycles. The zero-order valence-corrected chi connectivity index (χ0v) is 14.5. The molecule has 0 aliphatic carbocycles. The molecule has 8 nitrogen and oxygen atoms in total. The van der Waals surface area contributed by atoms with Gasteiger partial charge in [0, 0.05) is 12.6 Å². The first-order valence-electron chi connectivity index (χ1n) is 8.15. The van der Waals surface area contributed by atoms with Crippen LogP contribution in [0.2, 0.25) is 0 Å². The van der Waals surface area contributed by atoms with Gasteiger partial charge in [-0.1, -0.05) is 12.7 Å². The summed E-state index contributed by atoms with van der Waals surface area (Å²) in [6, 6.07) is 1.87. The Morgan fingerprint density at radius 3 is 3.00 bits per heavy atom. The number of ether oxygens (including phenoxy) is 1. The van der Waals surface area contributed by atoms with E-state index >= 15 is 0 Å². The smallest absolute Gasteiger partial charge is 0.291 e. The lowest BCUT2D eigenvalue weighted by atomic mass is 10.3. The van der Waals surface area contributed by atoms with Crippen LogP contribution in [0, 0.1) is 6.92 Å². The summed E-state index contributed by atoms with van der Waals surface area (Å²) >= 11 is 0. The van der Waals surface area contributed by atoms with E-state index in [9.17, 15) is 9.59 Å². The fourth-order valence-corrected chi connectivity index (χ4v) is 2.88. The first-order chi connectivity index (χ1) is 12.6. The van der Waals surface area contributed by atoms with Gasteiger partial charge < -0.3 is 19.0 Å². The number of aryl methyl sites for hydroxylation is 1. The molecule has 0 saturated carbocycles. The number of hydrogen-bond acceptors (Lipinski definition) is 5. The summed E-state index contributed by atoms with van der Waals surface area (Å²) in [5.41, 5.74) is 1.50.